The monoisotopic (exact) mass is 600 g/mol. The first kappa shape index (κ1) is 29.7. The minimum Gasteiger partial charge on any atom is -0.322 e. The average Bonchev–Trinajstić information content (AvgIpc) is 3.12. The number of hydrogen-bond acceptors (Lipinski definition) is 4. The summed E-state index contributed by atoms with van der Waals surface area (Å²) in [5.41, 5.74) is 6.28. The second kappa shape index (κ2) is 13.5. The lowest BCUT2D eigenvalue weighted by Gasteiger charge is -2.09. The van der Waals surface area contributed by atoms with Crippen LogP contribution < -0.4 is 10.6 Å². The third-order valence-corrected chi connectivity index (χ3v) is 7.51. The first-order chi connectivity index (χ1) is 22.4. The summed E-state index contributed by atoms with van der Waals surface area (Å²) in [7, 11) is 0. The van der Waals surface area contributed by atoms with Crippen LogP contribution in [0.4, 0.5) is 11.4 Å². The third kappa shape index (κ3) is 6.87. The van der Waals surface area contributed by atoms with E-state index in [1.54, 1.807) is 72.8 Å². The molecule has 6 heteroatoms. The maximum absolute atomic E-state index is 12.8. The summed E-state index contributed by atoms with van der Waals surface area (Å²) in [4.78, 5) is 50.9. The Morgan fingerprint density at radius 2 is 0.587 bits per heavy atom. The number of rotatable bonds is 9. The average molecular weight is 601 g/mol. The molecule has 0 aliphatic carbocycles. The molecule has 2 N–H and O–H groups in total. The van der Waals surface area contributed by atoms with E-state index < -0.39 is 0 Å². The Balaban J connectivity index is 1.03. The van der Waals surface area contributed by atoms with Crippen LogP contribution >= 0.6 is 0 Å². The van der Waals surface area contributed by atoms with Crippen LogP contribution in [0.3, 0.4) is 0 Å². The van der Waals surface area contributed by atoms with E-state index in [4.69, 9.17) is 0 Å². The van der Waals surface area contributed by atoms with Crippen molar-refractivity contribution in [3.63, 3.8) is 0 Å². The lowest BCUT2D eigenvalue weighted by atomic mass is 10.0. The van der Waals surface area contributed by atoms with Gasteiger partial charge in [0.2, 0.25) is 0 Å². The van der Waals surface area contributed by atoms with Gasteiger partial charge in [0.1, 0.15) is 0 Å². The maximum atomic E-state index is 12.8. The summed E-state index contributed by atoms with van der Waals surface area (Å²) in [5.74, 6) is -0.739. The highest BCUT2D eigenvalue weighted by molar-refractivity contribution is 6.11. The van der Waals surface area contributed by atoms with Gasteiger partial charge in [-0.25, -0.2) is 0 Å². The van der Waals surface area contributed by atoms with Crippen LogP contribution in [0.5, 0.6) is 0 Å². The molecule has 0 saturated carbocycles. The molecule has 0 saturated heterocycles. The molecule has 6 rings (SSSR count). The van der Waals surface area contributed by atoms with Gasteiger partial charge in [-0.15, -0.1) is 0 Å². The van der Waals surface area contributed by atoms with Crippen LogP contribution in [0.15, 0.2) is 158 Å². The van der Waals surface area contributed by atoms with Crippen LogP contribution in [0.2, 0.25) is 0 Å². The minimum absolute atomic E-state index is 0.0956. The molecule has 222 valence electrons. The van der Waals surface area contributed by atoms with Gasteiger partial charge >= 0.3 is 0 Å². The number of ketones is 2. The Hall–Kier alpha value is -6.40. The molecule has 6 aromatic carbocycles. The van der Waals surface area contributed by atoms with E-state index in [1.807, 2.05) is 84.9 Å². The molecular formula is C40H28N2O4. The van der Waals surface area contributed by atoms with Crippen LogP contribution in [-0.4, -0.2) is 23.4 Å². The van der Waals surface area contributed by atoms with E-state index in [1.165, 1.54) is 0 Å². The Morgan fingerprint density at radius 1 is 0.304 bits per heavy atom. The fourth-order valence-corrected chi connectivity index (χ4v) is 4.96. The number of hydrogen-bond donors (Lipinski definition) is 2. The van der Waals surface area contributed by atoms with Crippen molar-refractivity contribution in [2.24, 2.45) is 0 Å². The highest BCUT2D eigenvalue weighted by Crippen LogP contribution is 2.24. The molecule has 0 aromatic heterocycles. The molecule has 0 bridgehead atoms. The summed E-state index contributed by atoms with van der Waals surface area (Å²) in [6.45, 7) is 0. The predicted octanol–water partition coefficient (Wildman–Crippen LogP) is 8.32. The quantitative estimate of drug-likeness (QED) is 0.163. The molecule has 0 radical (unpaired) electrons. The van der Waals surface area contributed by atoms with Crippen LogP contribution in [0.25, 0.3) is 11.1 Å². The summed E-state index contributed by atoms with van der Waals surface area (Å²) in [5, 5.41) is 5.78. The maximum Gasteiger partial charge on any atom is 0.255 e. The highest BCUT2D eigenvalue weighted by Gasteiger charge is 2.13. The summed E-state index contributed by atoms with van der Waals surface area (Å²) in [6.07, 6.45) is 0. The normalized spacial score (nSPS) is 10.5. The molecule has 6 aromatic rings. The van der Waals surface area contributed by atoms with Gasteiger partial charge < -0.3 is 10.6 Å². The number of benzene rings is 6. The number of amides is 2. The van der Waals surface area contributed by atoms with Crippen molar-refractivity contribution in [2.45, 2.75) is 0 Å². The minimum atomic E-state index is -0.274. The zero-order valence-electron chi connectivity index (χ0n) is 24.6. The number of carbonyl (C=O) groups is 4. The van der Waals surface area contributed by atoms with E-state index in [2.05, 4.69) is 10.6 Å². The molecule has 0 aliphatic rings. The topological polar surface area (TPSA) is 92.3 Å². The van der Waals surface area contributed by atoms with E-state index >= 15 is 0 Å². The summed E-state index contributed by atoms with van der Waals surface area (Å²) in [6, 6.07) is 46.1. The van der Waals surface area contributed by atoms with Gasteiger partial charge in [-0.2, -0.15) is 0 Å². The van der Waals surface area contributed by atoms with E-state index in [0.29, 0.717) is 44.8 Å². The van der Waals surface area contributed by atoms with Crippen LogP contribution in [-0.2, 0) is 0 Å². The number of carbonyl (C=O) groups excluding carboxylic acids is 4. The van der Waals surface area contributed by atoms with Gasteiger partial charge in [-0.1, -0.05) is 109 Å². The van der Waals surface area contributed by atoms with Crippen molar-refractivity contribution in [3.8, 4) is 11.1 Å². The Labute approximate surface area is 266 Å². The number of anilines is 2. The largest absolute Gasteiger partial charge is 0.322 e. The predicted molar refractivity (Wildman–Crippen MR) is 180 cm³/mol. The van der Waals surface area contributed by atoms with Crippen molar-refractivity contribution in [2.75, 3.05) is 10.6 Å². The third-order valence-electron chi connectivity index (χ3n) is 7.51. The lowest BCUT2D eigenvalue weighted by molar-refractivity contribution is 0.101. The molecule has 2 amide bonds. The molecule has 6 nitrogen and oxygen atoms in total. The first-order valence-corrected chi connectivity index (χ1v) is 14.7. The Bertz CT molecular complexity index is 1850. The summed E-state index contributed by atoms with van der Waals surface area (Å²) >= 11 is 0. The second-order valence-corrected chi connectivity index (χ2v) is 10.6. The van der Waals surface area contributed by atoms with Gasteiger partial charge in [0.25, 0.3) is 11.8 Å². The smallest absolute Gasteiger partial charge is 0.255 e. The van der Waals surface area contributed by atoms with Crippen molar-refractivity contribution in [1.82, 2.24) is 0 Å². The van der Waals surface area contributed by atoms with Crippen molar-refractivity contribution < 1.29 is 19.2 Å². The van der Waals surface area contributed by atoms with E-state index in [0.717, 1.165) is 11.1 Å². The van der Waals surface area contributed by atoms with Crippen LogP contribution in [0.1, 0.15) is 52.6 Å². The van der Waals surface area contributed by atoms with Gasteiger partial charge in [0.15, 0.2) is 11.6 Å². The molecule has 46 heavy (non-hydrogen) atoms. The molecule has 0 spiro atoms. The van der Waals surface area contributed by atoms with E-state index in [9.17, 15) is 19.2 Å². The summed E-state index contributed by atoms with van der Waals surface area (Å²) < 4.78 is 0. The highest BCUT2D eigenvalue weighted by atomic mass is 16.2. The van der Waals surface area contributed by atoms with Gasteiger partial charge in [0.05, 0.1) is 0 Å². The standard InChI is InChI=1S/C40H28N2O4/c43-37(29-7-3-1-4-8-29)31-11-15-33(16-12-31)39(45)41-35-23-19-27(20-24-35)28-21-25-36(26-22-28)42-40(46)34-17-13-32(14-18-34)38(44)30-9-5-2-6-10-30/h1-26H,(H,41,45)(H,42,46). The fraction of sp³-hybridized carbons (Fsp3) is 0. The second-order valence-electron chi connectivity index (χ2n) is 10.6. The molecule has 0 aliphatic heterocycles. The SMILES string of the molecule is O=C(Nc1ccc(-c2ccc(NC(=O)c3ccc(C(=O)c4ccccc4)cc3)cc2)cc1)c1ccc(C(=O)c2ccccc2)cc1. The van der Waals surface area contributed by atoms with Crippen molar-refractivity contribution in [3.05, 3.63) is 191 Å². The molecule has 0 atom stereocenters. The molecule has 0 unspecified atom stereocenters. The van der Waals surface area contributed by atoms with Gasteiger partial charge in [0, 0.05) is 44.8 Å². The first-order valence-electron chi connectivity index (χ1n) is 14.7. The Kier molecular flexibility index (Phi) is 8.70. The van der Waals surface area contributed by atoms with Gasteiger partial charge in [-0.3, -0.25) is 19.2 Å². The van der Waals surface area contributed by atoms with E-state index in [-0.39, 0.29) is 23.4 Å². The zero-order valence-corrected chi connectivity index (χ0v) is 24.6. The molecule has 0 fully saturated rings. The molecular weight excluding hydrogens is 572 g/mol. The lowest BCUT2D eigenvalue weighted by Crippen LogP contribution is -2.12. The zero-order chi connectivity index (χ0) is 31.9. The number of nitrogens with one attached hydrogen (secondary N) is 2. The van der Waals surface area contributed by atoms with Crippen molar-refractivity contribution >= 4 is 34.8 Å². The van der Waals surface area contributed by atoms with Crippen LogP contribution in [0, 0.1) is 0 Å². The fourth-order valence-electron chi connectivity index (χ4n) is 4.96. The van der Waals surface area contributed by atoms with Gasteiger partial charge in [-0.05, 0) is 59.7 Å². The Morgan fingerprint density at radius 3 is 0.913 bits per heavy atom. The van der Waals surface area contributed by atoms with Crippen molar-refractivity contribution in [1.29, 1.82) is 0 Å². The molecule has 0 heterocycles.